The lowest BCUT2D eigenvalue weighted by molar-refractivity contribution is -0.130. The molecule has 0 aliphatic heterocycles. The lowest BCUT2D eigenvalue weighted by atomic mass is 10.2. The minimum absolute atomic E-state index is 0.199. The van der Waals surface area contributed by atoms with Gasteiger partial charge in [-0.3, -0.25) is 4.79 Å². The van der Waals surface area contributed by atoms with Gasteiger partial charge in [0.15, 0.2) is 0 Å². The molecule has 1 aromatic rings. The molecule has 19 heavy (non-hydrogen) atoms. The van der Waals surface area contributed by atoms with Crippen LogP contribution in [-0.2, 0) is 11.3 Å². The van der Waals surface area contributed by atoms with Crippen LogP contribution < -0.4 is 10.1 Å². The number of ether oxygens (including phenoxy) is 1. The number of hydrogen-bond donors (Lipinski definition) is 1. The van der Waals surface area contributed by atoms with Crippen molar-refractivity contribution < 1.29 is 9.53 Å². The Labute approximate surface area is 115 Å². The van der Waals surface area contributed by atoms with Gasteiger partial charge in [0.2, 0.25) is 11.8 Å². The summed E-state index contributed by atoms with van der Waals surface area (Å²) in [6, 6.07) is 3.79. The zero-order valence-electron chi connectivity index (χ0n) is 12.0. The molecule has 0 bridgehead atoms. The molecule has 0 spiro atoms. The van der Waals surface area contributed by atoms with Crippen molar-refractivity contribution >= 4 is 5.91 Å². The van der Waals surface area contributed by atoms with Crippen LogP contribution in [0.5, 0.6) is 5.88 Å². The van der Waals surface area contributed by atoms with Crippen molar-refractivity contribution in [1.82, 2.24) is 15.2 Å². The largest absolute Gasteiger partial charge is 0.481 e. The Balaban J connectivity index is 2.24. The van der Waals surface area contributed by atoms with E-state index in [1.807, 2.05) is 30.9 Å². The molecule has 1 rings (SSSR count). The summed E-state index contributed by atoms with van der Waals surface area (Å²) in [7, 11) is 1.60. The zero-order chi connectivity index (χ0) is 14.1. The van der Waals surface area contributed by atoms with Gasteiger partial charge in [-0.1, -0.05) is 6.07 Å². The molecule has 5 nitrogen and oxygen atoms in total. The van der Waals surface area contributed by atoms with Gasteiger partial charge in [0.05, 0.1) is 7.11 Å². The van der Waals surface area contributed by atoms with E-state index in [9.17, 15) is 4.79 Å². The molecule has 1 aromatic heterocycles. The number of hydrogen-bond acceptors (Lipinski definition) is 4. The molecule has 1 amide bonds. The molecular weight excluding hydrogens is 242 g/mol. The lowest BCUT2D eigenvalue weighted by Crippen LogP contribution is -2.32. The van der Waals surface area contributed by atoms with E-state index in [2.05, 4.69) is 10.3 Å². The van der Waals surface area contributed by atoms with Crippen LogP contribution in [0.3, 0.4) is 0 Å². The van der Waals surface area contributed by atoms with Crippen LogP contribution in [0.1, 0.15) is 25.8 Å². The molecular formula is C14H23N3O2. The van der Waals surface area contributed by atoms with Gasteiger partial charge in [0, 0.05) is 44.9 Å². The maximum atomic E-state index is 11.8. The second-order valence-electron chi connectivity index (χ2n) is 4.20. The fourth-order valence-electron chi connectivity index (χ4n) is 1.80. The molecule has 0 aliphatic rings. The summed E-state index contributed by atoms with van der Waals surface area (Å²) >= 11 is 0. The third-order valence-corrected chi connectivity index (χ3v) is 2.97. The summed E-state index contributed by atoms with van der Waals surface area (Å²) < 4.78 is 5.00. The first-order valence-corrected chi connectivity index (χ1v) is 6.68. The molecule has 0 fully saturated rings. The fourth-order valence-corrected chi connectivity index (χ4v) is 1.80. The molecule has 0 saturated heterocycles. The highest BCUT2D eigenvalue weighted by atomic mass is 16.5. The van der Waals surface area contributed by atoms with E-state index >= 15 is 0 Å². The van der Waals surface area contributed by atoms with E-state index in [1.54, 1.807) is 13.3 Å². The molecule has 0 radical (unpaired) electrons. The van der Waals surface area contributed by atoms with Crippen LogP contribution in [0.25, 0.3) is 0 Å². The number of methoxy groups -OCH3 is 1. The SMILES string of the molecule is CCN(CC)C(=O)CCNCc1ccc(OC)nc1. The van der Waals surface area contributed by atoms with Crippen molar-refractivity contribution in [3.05, 3.63) is 23.9 Å². The van der Waals surface area contributed by atoms with E-state index in [-0.39, 0.29) is 5.91 Å². The molecule has 0 unspecified atom stereocenters. The van der Waals surface area contributed by atoms with Gasteiger partial charge in [-0.15, -0.1) is 0 Å². The topological polar surface area (TPSA) is 54.5 Å². The Hall–Kier alpha value is -1.62. The van der Waals surface area contributed by atoms with Crippen molar-refractivity contribution in [3.63, 3.8) is 0 Å². The summed E-state index contributed by atoms with van der Waals surface area (Å²) in [4.78, 5) is 17.7. The van der Waals surface area contributed by atoms with Gasteiger partial charge in [-0.2, -0.15) is 0 Å². The number of pyridine rings is 1. The molecule has 0 atom stereocenters. The molecule has 5 heteroatoms. The summed E-state index contributed by atoms with van der Waals surface area (Å²) in [6.07, 6.45) is 2.31. The number of carbonyl (C=O) groups excluding carboxylic acids is 1. The van der Waals surface area contributed by atoms with E-state index in [1.165, 1.54) is 0 Å². The molecule has 1 N–H and O–H groups in total. The average Bonchev–Trinajstić information content (AvgIpc) is 2.45. The second-order valence-corrected chi connectivity index (χ2v) is 4.20. The van der Waals surface area contributed by atoms with E-state index < -0.39 is 0 Å². The average molecular weight is 265 g/mol. The van der Waals surface area contributed by atoms with Crippen LogP contribution in [0.2, 0.25) is 0 Å². The summed E-state index contributed by atoms with van der Waals surface area (Å²) in [5.74, 6) is 0.811. The van der Waals surface area contributed by atoms with Crippen molar-refractivity contribution in [3.8, 4) is 5.88 Å². The molecule has 0 aromatic carbocycles. The van der Waals surface area contributed by atoms with E-state index in [0.717, 1.165) is 18.7 Å². The highest BCUT2D eigenvalue weighted by molar-refractivity contribution is 5.76. The van der Waals surface area contributed by atoms with Crippen LogP contribution in [0.4, 0.5) is 0 Å². The zero-order valence-corrected chi connectivity index (χ0v) is 12.0. The van der Waals surface area contributed by atoms with Crippen molar-refractivity contribution in [2.24, 2.45) is 0 Å². The molecule has 106 valence electrons. The number of nitrogens with zero attached hydrogens (tertiary/aromatic N) is 2. The number of aromatic nitrogens is 1. The van der Waals surface area contributed by atoms with Gasteiger partial charge in [-0.05, 0) is 19.4 Å². The summed E-state index contributed by atoms with van der Waals surface area (Å²) in [5.41, 5.74) is 1.08. The predicted molar refractivity (Wildman–Crippen MR) is 75.0 cm³/mol. The highest BCUT2D eigenvalue weighted by Crippen LogP contribution is 2.06. The van der Waals surface area contributed by atoms with Gasteiger partial charge in [-0.25, -0.2) is 4.98 Å². The minimum Gasteiger partial charge on any atom is -0.481 e. The van der Waals surface area contributed by atoms with Crippen LogP contribution in [-0.4, -0.2) is 42.5 Å². The molecule has 0 aliphatic carbocycles. The quantitative estimate of drug-likeness (QED) is 0.723. The Morgan fingerprint density at radius 2 is 2.11 bits per heavy atom. The Kier molecular flexibility index (Phi) is 6.89. The number of rotatable bonds is 8. The normalized spacial score (nSPS) is 10.3. The van der Waals surface area contributed by atoms with Gasteiger partial charge in [0.25, 0.3) is 0 Å². The Morgan fingerprint density at radius 3 is 2.63 bits per heavy atom. The van der Waals surface area contributed by atoms with E-state index in [4.69, 9.17) is 4.74 Å². The number of amides is 1. The maximum Gasteiger partial charge on any atom is 0.223 e. The monoisotopic (exact) mass is 265 g/mol. The second kappa shape index (κ2) is 8.48. The minimum atomic E-state index is 0.199. The van der Waals surface area contributed by atoms with Crippen molar-refractivity contribution in [2.45, 2.75) is 26.8 Å². The first-order valence-electron chi connectivity index (χ1n) is 6.68. The number of nitrogens with one attached hydrogen (secondary N) is 1. The predicted octanol–water partition coefficient (Wildman–Crippen LogP) is 1.44. The van der Waals surface area contributed by atoms with Crippen molar-refractivity contribution in [2.75, 3.05) is 26.7 Å². The standard InChI is InChI=1S/C14H23N3O2/c1-4-17(5-2)14(18)8-9-15-10-12-6-7-13(19-3)16-11-12/h6-7,11,15H,4-5,8-10H2,1-3H3. The lowest BCUT2D eigenvalue weighted by Gasteiger charge is -2.18. The van der Waals surface area contributed by atoms with E-state index in [0.29, 0.717) is 25.4 Å². The number of carbonyl (C=O) groups is 1. The Bertz CT molecular complexity index is 375. The van der Waals surface area contributed by atoms with Crippen molar-refractivity contribution in [1.29, 1.82) is 0 Å². The highest BCUT2D eigenvalue weighted by Gasteiger charge is 2.08. The fraction of sp³-hybridized carbons (Fsp3) is 0.571. The smallest absolute Gasteiger partial charge is 0.223 e. The first-order chi connectivity index (χ1) is 9.21. The van der Waals surface area contributed by atoms with Gasteiger partial charge >= 0.3 is 0 Å². The third-order valence-electron chi connectivity index (χ3n) is 2.97. The van der Waals surface area contributed by atoms with Crippen LogP contribution in [0, 0.1) is 0 Å². The third kappa shape index (κ3) is 5.26. The van der Waals surface area contributed by atoms with Crippen LogP contribution in [0.15, 0.2) is 18.3 Å². The van der Waals surface area contributed by atoms with Gasteiger partial charge in [0.1, 0.15) is 0 Å². The summed E-state index contributed by atoms with van der Waals surface area (Å²) in [6.45, 7) is 6.94. The molecule has 0 saturated carbocycles. The van der Waals surface area contributed by atoms with Gasteiger partial charge < -0.3 is 15.0 Å². The summed E-state index contributed by atoms with van der Waals surface area (Å²) in [5, 5.41) is 3.24. The maximum absolute atomic E-state index is 11.8. The Morgan fingerprint density at radius 1 is 1.37 bits per heavy atom. The molecule has 1 heterocycles. The first kappa shape index (κ1) is 15.4. The van der Waals surface area contributed by atoms with Crippen LogP contribution >= 0.6 is 0 Å².